The number of hydrogen-bond donors (Lipinski definition) is 2. The van der Waals surface area contributed by atoms with Crippen molar-refractivity contribution in [3.05, 3.63) is 48.2 Å². The molecular weight excluding hydrogens is 256 g/mol. The first kappa shape index (κ1) is 12.3. The van der Waals surface area contributed by atoms with Crippen molar-refractivity contribution in [1.29, 1.82) is 0 Å². The second-order valence-electron chi connectivity index (χ2n) is 4.60. The van der Waals surface area contributed by atoms with E-state index >= 15 is 0 Å². The predicted molar refractivity (Wildman–Crippen MR) is 75.0 cm³/mol. The zero-order chi connectivity index (χ0) is 14.1. The highest BCUT2D eigenvalue weighted by molar-refractivity contribution is 5.96. The van der Waals surface area contributed by atoms with Crippen LogP contribution in [0.4, 0.5) is 5.69 Å². The number of imidazole rings is 1. The number of hydrogen-bond acceptors (Lipinski definition) is 4. The first-order chi connectivity index (χ1) is 9.63. The van der Waals surface area contributed by atoms with Gasteiger partial charge in [-0.2, -0.15) is 0 Å². The summed E-state index contributed by atoms with van der Waals surface area (Å²) in [7, 11) is 1.70. The van der Waals surface area contributed by atoms with Crippen LogP contribution in [0.15, 0.2) is 41.1 Å². The molecule has 1 amide bonds. The van der Waals surface area contributed by atoms with Crippen LogP contribution in [-0.4, -0.2) is 27.8 Å². The topological polar surface area (TPSA) is 88.2 Å². The van der Waals surface area contributed by atoms with E-state index in [-0.39, 0.29) is 5.91 Å². The molecule has 0 unspecified atom stereocenters. The van der Waals surface area contributed by atoms with E-state index in [1.165, 1.54) is 0 Å². The van der Waals surface area contributed by atoms with E-state index in [0.717, 1.165) is 11.2 Å². The van der Waals surface area contributed by atoms with Crippen molar-refractivity contribution in [2.75, 3.05) is 12.8 Å². The van der Waals surface area contributed by atoms with Crippen LogP contribution in [0.3, 0.4) is 0 Å². The fourth-order valence-electron chi connectivity index (χ4n) is 2.04. The van der Waals surface area contributed by atoms with Crippen molar-refractivity contribution in [2.45, 2.75) is 6.54 Å². The summed E-state index contributed by atoms with van der Waals surface area (Å²) in [6.07, 6.45) is 3.37. The van der Waals surface area contributed by atoms with Gasteiger partial charge in [-0.3, -0.25) is 4.79 Å². The average molecular weight is 270 g/mol. The molecule has 6 nitrogen and oxygen atoms in total. The Bertz CT molecular complexity index is 746. The number of nitrogens with zero attached hydrogens (tertiary/aromatic N) is 2. The SMILES string of the molecule is CN(Cc1ncc[nH]1)C(=O)c1cc2cc(N)ccc2o1. The summed E-state index contributed by atoms with van der Waals surface area (Å²) < 4.78 is 5.55. The molecule has 102 valence electrons. The predicted octanol–water partition coefficient (Wildman–Crippen LogP) is 2.01. The third-order valence-corrected chi connectivity index (χ3v) is 3.04. The van der Waals surface area contributed by atoms with Crippen LogP contribution in [-0.2, 0) is 6.54 Å². The maximum atomic E-state index is 12.3. The molecule has 0 saturated heterocycles. The first-order valence-electron chi connectivity index (χ1n) is 6.16. The second kappa shape index (κ2) is 4.73. The molecule has 3 rings (SSSR count). The molecule has 0 saturated carbocycles. The summed E-state index contributed by atoms with van der Waals surface area (Å²) >= 11 is 0. The molecule has 6 heteroatoms. The lowest BCUT2D eigenvalue weighted by Gasteiger charge is -2.13. The molecule has 0 aliphatic rings. The number of carbonyl (C=O) groups excluding carboxylic acids is 1. The van der Waals surface area contributed by atoms with Gasteiger partial charge in [0.25, 0.3) is 5.91 Å². The van der Waals surface area contributed by atoms with E-state index in [9.17, 15) is 4.79 Å². The maximum Gasteiger partial charge on any atom is 0.289 e. The number of rotatable bonds is 3. The summed E-state index contributed by atoms with van der Waals surface area (Å²) in [5.74, 6) is 0.817. The van der Waals surface area contributed by atoms with E-state index < -0.39 is 0 Å². The van der Waals surface area contributed by atoms with Crippen molar-refractivity contribution >= 4 is 22.6 Å². The Balaban J connectivity index is 1.84. The number of amides is 1. The third kappa shape index (κ3) is 2.23. The quantitative estimate of drug-likeness (QED) is 0.712. The molecule has 2 aromatic heterocycles. The molecule has 0 aliphatic carbocycles. The third-order valence-electron chi connectivity index (χ3n) is 3.04. The van der Waals surface area contributed by atoms with Crippen molar-refractivity contribution in [2.24, 2.45) is 0 Å². The van der Waals surface area contributed by atoms with Gasteiger partial charge in [-0.1, -0.05) is 0 Å². The van der Waals surface area contributed by atoms with Gasteiger partial charge in [-0.05, 0) is 24.3 Å². The Labute approximate surface area is 115 Å². The van der Waals surface area contributed by atoms with Crippen LogP contribution >= 0.6 is 0 Å². The van der Waals surface area contributed by atoms with Gasteiger partial charge in [-0.15, -0.1) is 0 Å². The zero-order valence-corrected chi connectivity index (χ0v) is 11.0. The lowest BCUT2D eigenvalue weighted by Crippen LogP contribution is -2.26. The minimum atomic E-state index is -0.198. The number of aromatic amines is 1. The van der Waals surface area contributed by atoms with Crippen LogP contribution in [0.25, 0.3) is 11.0 Å². The fourth-order valence-corrected chi connectivity index (χ4v) is 2.04. The number of furan rings is 1. The molecule has 3 N–H and O–H groups in total. The normalized spacial score (nSPS) is 10.8. The number of carbonyl (C=O) groups is 1. The summed E-state index contributed by atoms with van der Waals surface area (Å²) in [6, 6.07) is 6.98. The minimum Gasteiger partial charge on any atom is -0.451 e. The van der Waals surface area contributed by atoms with Crippen LogP contribution in [0.5, 0.6) is 0 Å². The first-order valence-corrected chi connectivity index (χ1v) is 6.16. The minimum absolute atomic E-state index is 0.198. The lowest BCUT2D eigenvalue weighted by molar-refractivity contribution is 0.0752. The molecule has 0 atom stereocenters. The Hall–Kier alpha value is -2.76. The Morgan fingerprint density at radius 1 is 1.45 bits per heavy atom. The highest BCUT2D eigenvalue weighted by Gasteiger charge is 2.17. The Kier molecular flexibility index (Phi) is 2.90. The van der Waals surface area contributed by atoms with Crippen LogP contribution in [0.1, 0.15) is 16.4 Å². The second-order valence-corrected chi connectivity index (χ2v) is 4.60. The smallest absolute Gasteiger partial charge is 0.289 e. The fraction of sp³-hybridized carbons (Fsp3) is 0.143. The number of fused-ring (bicyclic) bond motifs is 1. The Morgan fingerprint density at radius 3 is 3.05 bits per heavy atom. The molecule has 0 fully saturated rings. The number of nitrogen functional groups attached to an aromatic ring is 1. The largest absolute Gasteiger partial charge is 0.451 e. The van der Waals surface area contributed by atoms with Crippen molar-refractivity contribution in [3.63, 3.8) is 0 Å². The Morgan fingerprint density at radius 2 is 2.30 bits per heavy atom. The van der Waals surface area contributed by atoms with E-state index in [0.29, 0.717) is 23.6 Å². The number of anilines is 1. The standard InChI is InChI=1S/C14H14N4O2/c1-18(8-13-16-4-5-17-13)14(19)12-7-9-6-10(15)2-3-11(9)20-12/h2-7H,8,15H2,1H3,(H,16,17). The molecule has 3 aromatic rings. The molecule has 1 aromatic carbocycles. The molecular formula is C14H14N4O2. The highest BCUT2D eigenvalue weighted by Crippen LogP contribution is 2.22. The van der Waals surface area contributed by atoms with E-state index in [1.807, 2.05) is 0 Å². The van der Waals surface area contributed by atoms with Crippen molar-refractivity contribution < 1.29 is 9.21 Å². The van der Waals surface area contributed by atoms with Crippen LogP contribution < -0.4 is 5.73 Å². The molecule has 2 heterocycles. The average Bonchev–Trinajstić information content (AvgIpc) is 3.06. The lowest BCUT2D eigenvalue weighted by atomic mass is 10.2. The summed E-state index contributed by atoms with van der Waals surface area (Å²) in [5, 5.41) is 0.819. The van der Waals surface area contributed by atoms with Gasteiger partial charge < -0.3 is 20.0 Å². The van der Waals surface area contributed by atoms with Gasteiger partial charge in [-0.25, -0.2) is 4.98 Å². The summed E-state index contributed by atoms with van der Waals surface area (Å²) in [4.78, 5) is 20.9. The highest BCUT2D eigenvalue weighted by atomic mass is 16.3. The van der Waals surface area contributed by atoms with Crippen LogP contribution in [0.2, 0.25) is 0 Å². The monoisotopic (exact) mass is 270 g/mol. The summed E-state index contributed by atoms with van der Waals surface area (Å²) in [6.45, 7) is 0.394. The van der Waals surface area contributed by atoms with Gasteiger partial charge in [0.1, 0.15) is 11.4 Å². The number of nitrogens with two attached hydrogens (primary N) is 1. The molecule has 20 heavy (non-hydrogen) atoms. The maximum absolute atomic E-state index is 12.3. The van der Waals surface area contributed by atoms with Gasteiger partial charge in [0.05, 0.1) is 6.54 Å². The van der Waals surface area contributed by atoms with E-state index in [2.05, 4.69) is 9.97 Å². The van der Waals surface area contributed by atoms with Gasteiger partial charge in [0.15, 0.2) is 5.76 Å². The number of aromatic nitrogens is 2. The zero-order valence-electron chi connectivity index (χ0n) is 11.0. The molecule has 0 spiro atoms. The van der Waals surface area contributed by atoms with Gasteiger partial charge >= 0.3 is 0 Å². The molecule has 0 bridgehead atoms. The van der Waals surface area contributed by atoms with Gasteiger partial charge in [0, 0.05) is 30.5 Å². The van der Waals surface area contributed by atoms with Crippen molar-refractivity contribution in [3.8, 4) is 0 Å². The number of nitrogens with one attached hydrogen (secondary N) is 1. The molecule has 0 radical (unpaired) electrons. The molecule has 0 aliphatic heterocycles. The van der Waals surface area contributed by atoms with E-state index in [4.69, 9.17) is 10.2 Å². The van der Waals surface area contributed by atoms with Gasteiger partial charge in [0.2, 0.25) is 0 Å². The number of H-pyrrole nitrogens is 1. The summed E-state index contributed by atoms with van der Waals surface area (Å²) in [5.41, 5.74) is 7.00. The van der Waals surface area contributed by atoms with E-state index in [1.54, 1.807) is 48.6 Å². The van der Waals surface area contributed by atoms with Crippen LogP contribution in [0, 0.1) is 0 Å². The number of benzene rings is 1. The van der Waals surface area contributed by atoms with Crippen molar-refractivity contribution in [1.82, 2.24) is 14.9 Å².